The monoisotopic (exact) mass is 199 g/mol. The molecule has 0 aliphatic carbocycles. The Kier molecular flexibility index (Phi) is 5.80. The van der Waals surface area contributed by atoms with Crippen molar-refractivity contribution in [3.8, 4) is 0 Å². The largest absolute Gasteiger partial charge is 0.382 e. The first-order valence-electron chi connectivity index (χ1n) is 5.64. The Bertz CT molecular complexity index is 161. The van der Waals surface area contributed by atoms with Crippen LogP contribution in [0.4, 0.5) is 0 Å². The summed E-state index contributed by atoms with van der Waals surface area (Å²) in [5.41, 5.74) is 0. The smallest absolute Gasteiger partial charge is 0.135 e. The summed E-state index contributed by atoms with van der Waals surface area (Å²) >= 11 is 0. The summed E-state index contributed by atoms with van der Waals surface area (Å²) in [7, 11) is 0. The molecular weight excluding hydrogens is 178 g/mol. The fourth-order valence-corrected chi connectivity index (χ4v) is 1.71. The number of carbonyl (C=O) groups excluding carboxylic acids is 1. The second kappa shape index (κ2) is 6.96. The highest BCUT2D eigenvalue weighted by Gasteiger charge is 2.14. The number of ether oxygens (including phenoxy) is 1. The Labute approximate surface area is 86.4 Å². The number of piperidine rings is 1. The summed E-state index contributed by atoms with van der Waals surface area (Å²) in [5.74, 6) is 0.426. The number of rotatable bonds is 6. The number of carbonyl (C=O) groups is 1. The van der Waals surface area contributed by atoms with Crippen molar-refractivity contribution in [3.05, 3.63) is 0 Å². The van der Waals surface area contributed by atoms with Gasteiger partial charge in [-0.25, -0.2) is 0 Å². The van der Waals surface area contributed by atoms with Crippen molar-refractivity contribution in [2.75, 3.05) is 32.8 Å². The van der Waals surface area contributed by atoms with Crippen LogP contribution in [0, 0.1) is 0 Å². The predicted molar refractivity (Wildman–Crippen MR) is 56.4 cm³/mol. The number of hydrogen-bond acceptors (Lipinski definition) is 3. The summed E-state index contributed by atoms with van der Waals surface area (Å²) in [6.07, 6.45) is 3.84. The van der Waals surface area contributed by atoms with Crippen molar-refractivity contribution in [3.63, 3.8) is 0 Å². The molecule has 82 valence electrons. The van der Waals surface area contributed by atoms with E-state index >= 15 is 0 Å². The van der Waals surface area contributed by atoms with Crippen molar-refractivity contribution in [1.29, 1.82) is 0 Å². The minimum absolute atomic E-state index is 0.426. The van der Waals surface area contributed by atoms with Crippen molar-refractivity contribution < 1.29 is 9.53 Å². The normalized spacial score (nSPS) is 18.8. The van der Waals surface area contributed by atoms with E-state index in [9.17, 15) is 4.79 Å². The molecule has 1 aliphatic heterocycles. The van der Waals surface area contributed by atoms with Crippen LogP contribution >= 0.6 is 0 Å². The zero-order valence-electron chi connectivity index (χ0n) is 9.13. The van der Waals surface area contributed by atoms with Gasteiger partial charge in [-0.15, -0.1) is 0 Å². The van der Waals surface area contributed by atoms with E-state index in [0.29, 0.717) is 5.78 Å². The summed E-state index contributed by atoms with van der Waals surface area (Å²) < 4.78 is 5.27. The van der Waals surface area contributed by atoms with Crippen LogP contribution in [0.15, 0.2) is 0 Å². The first kappa shape index (κ1) is 11.7. The Hall–Kier alpha value is -0.410. The van der Waals surface area contributed by atoms with E-state index in [1.54, 1.807) is 0 Å². The molecule has 1 saturated heterocycles. The quantitative estimate of drug-likeness (QED) is 0.607. The predicted octanol–water partition coefficient (Wildman–Crippen LogP) is 1.47. The second-order valence-corrected chi connectivity index (χ2v) is 3.78. The standard InChI is InChI=1S/C11H21NO2/c1-2-14-10-4-3-7-12-8-5-11(13)6-9-12/h2-10H2,1H3. The number of likely N-dealkylation sites (tertiary alicyclic amines) is 1. The van der Waals surface area contributed by atoms with E-state index in [4.69, 9.17) is 4.74 Å². The molecule has 0 radical (unpaired) electrons. The summed E-state index contributed by atoms with van der Waals surface area (Å²) in [6.45, 7) is 6.78. The minimum atomic E-state index is 0.426. The minimum Gasteiger partial charge on any atom is -0.382 e. The van der Waals surface area contributed by atoms with Crippen LogP contribution in [-0.2, 0) is 9.53 Å². The van der Waals surface area contributed by atoms with Gasteiger partial charge in [0.2, 0.25) is 0 Å². The van der Waals surface area contributed by atoms with E-state index in [1.165, 1.54) is 6.42 Å². The van der Waals surface area contributed by atoms with E-state index in [2.05, 4.69) is 4.90 Å². The number of nitrogens with zero attached hydrogens (tertiary/aromatic N) is 1. The Morgan fingerprint density at radius 2 is 2.00 bits per heavy atom. The fourth-order valence-electron chi connectivity index (χ4n) is 1.71. The van der Waals surface area contributed by atoms with Crippen LogP contribution in [0.25, 0.3) is 0 Å². The van der Waals surface area contributed by atoms with Crippen LogP contribution in [0.1, 0.15) is 32.6 Å². The molecule has 1 aliphatic rings. The lowest BCUT2D eigenvalue weighted by atomic mass is 10.1. The molecule has 0 bridgehead atoms. The molecule has 1 fully saturated rings. The molecule has 0 spiro atoms. The topological polar surface area (TPSA) is 29.5 Å². The van der Waals surface area contributed by atoms with E-state index < -0.39 is 0 Å². The molecule has 1 heterocycles. The molecule has 0 saturated carbocycles. The molecule has 0 amide bonds. The molecule has 0 atom stereocenters. The average molecular weight is 199 g/mol. The van der Waals surface area contributed by atoms with Crippen LogP contribution in [0.3, 0.4) is 0 Å². The molecule has 0 N–H and O–H groups in total. The van der Waals surface area contributed by atoms with Gasteiger partial charge in [0, 0.05) is 39.1 Å². The maximum absolute atomic E-state index is 11.0. The third-order valence-corrected chi connectivity index (χ3v) is 2.63. The highest BCUT2D eigenvalue weighted by atomic mass is 16.5. The van der Waals surface area contributed by atoms with Crippen molar-refractivity contribution >= 4 is 5.78 Å². The fraction of sp³-hybridized carbons (Fsp3) is 0.909. The van der Waals surface area contributed by atoms with Crippen LogP contribution in [0.5, 0.6) is 0 Å². The van der Waals surface area contributed by atoms with E-state index in [0.717, 1.165) is 52.1 Å². The van der Waals surface area contributed by atoms with Gasteiger partial charge in [0.1, 0.15) is 5.78 Å². The van der Waals surface area contributed by atoms with Crippen LogP contribution in [-0.4, -0.2) is 43.5 Å². The summed E-state index contributed by atoms with van der Waals surface area (Å²) in [6, 6.07) is 0. The zero-order chi connectivity index (χ0) is 10.2. The van der Waals surface area contributed by atoms with Gasteiger partial charge in [-0.3, -0.25) is 4.79 Å². The lowest BCUT2D eigenvalue weighted by Crippen LogP contribution is -2.34. The van der Waals surface area contributed by atoms with Gasteiger partial charge in [-0.2, -0.15) is 0 Å². The van der Waals surface area contributed by atoms with E-state index in [-0.39, 0.29) is 0 Å². The van der Waals surface area contributed by atoms with Gasteiger partial charge in [0.25, 0.3) is 0 Å². The van der Waals surface area contributed by atoms with Gasteiger partial charge < -0.3 is 9.64 Å². The highest BCUT2D eigenvalue weighted by molar-refractivity contribution is 5.79. The zero-order valence-corrected chi connectivity index (χ0v) is 9.13. The molecule has 3 nitrogen and oxygen atoms in total. The SMILES string of the molecule is CCOCCCCN1CCC(=O)CC1. The number of unbranched alkanes of at least 4 members (excludes halogenated alkanes) is 1. The second-order valence-electron chi connectivity index (χ2n) is 3.78. The average Bonchev–Trinajstić information content (AvgIpc) is 2.21. The van der Waals surface area contributed by atoms with Gasteiger partial charge in [0.05, 0.1) is 0 Å². The van der Waals surface area contributed by atoms with Crippen molar-refractivity contribution in [2.45, 2.75) is 32.6 Å². The highest BCUT2D eigenvalue weighted by Crippen LogP contribution is 2.06. The molecule has 0 aromatic rings. The Balaban J connectivity index is 1.94. The maximum atomic E-state index is 11.0. The molecule has 0 aromatic carbocycles. The summed E-state index contributed by atoms with van der Waals surface area (Å²) in [4.78, 5) is 13.4. The summed E-state index contributed by atoms with van der Waals surface area (Å²) in [5, 5.41) is 0. The lowest BCUT2D eigenvalue weighted by Gasteiger charge is -2.25. The van der Waals surface area contributed by atoms with Crippen LogP contribution in [0.2, 0.25) is 0 Å². The molecule has 0 unspecified atom stereocenters. The molecule has 3 heteroatoms. The number of ketones is 1. The lowest BCUT2D eigenvalue weighted by molar-refractivity contribution is -0.121. The van der Waals surface area contributed by atoms with Crippen molar-refractivity contribution in [1.82, 2.24) is 4.90 Å². The first-order valence-corrected chi connectivity index (χ1v) is 5.64. The molecular formula is C11H21NO2. The van der Waals surface area contributed by atoms with Crippen molar-refractivity contribution in [2.24, 2.45) is 0 Å². The van der Waals surface area contributed by atoms with Gasteiger partial charge in [-0.1, -0.05) is 0 Å². The Morgan fingerprint density at radius 3 is 2.64 bits per heavy atom. The van der Waals surface area contributed by atoms with Gasteiger partial charge in [-0.05, 0) is 26.3 Å². The molecule has 0 aromatic heterocycles. The van der Waals surface area contributed by atoms with E-state index in [1.807, 2.05) is 6.92 Å². The maximum Gasteiger partial charge on any atom is 0.135 e. The third-order valence-electron chi connectivity index (χ3n) is 2.63. The van der Waals surface area contributed by atoms with Gasteiger partial charge >= 0.3 is 0 Å². The van der Waals surface area contributed by atoms with Crippen LogP contribution < -0.4 is 0 Å². The Morgan fingerprint density at radius 1 is 1.29 bits per heavy atom. The molecule has 14 heavy (non-hydrogen) atoms. The van der Waals surface area contributed by atoms with Gasteiger partial charge in [0.15, 0.2) is 0 Å². The number of Topliss-reactive ketones (excluding diaryl/α,β-unsaturated/α-hetero) is 1. The third kappa shape index (κ3) is 4.72. The first-order chi connectivity index (χ1) is 6.83. The number of hydrogen-bond donors (Lipinski definition) is 0. The molecule has 1 rings (SSSR count).